The number of benzene rings is 1. The summed E-state index contributed by atoms with van der Waals surface area (Å²) in [5, 5.41) is 22.3. The number of piperidine rings is 1. The van der Waals surface area contributed by atoms with Gasteiger partial charge in [-0.3, -0.25) is 9.59 Å². The Morgan fingerprint density at radius 2 is 2.09 bits per heavy atom. The molecule has 2 N–H and O–H groups in total. The van der Waals surface area contributed by atoms with Crippen LogP contribution in [0.15, 0.2) is 18.2 Å². The molecule has 0 unspecified atom stereocenters. The average Bonchev–Trinajstić information content (AvgIpc) is 2.81. The van der Waals surface area contributed by atoms with Crippen LogP contribution in [0.3, 0.4) is 0 Å². The molecule has 1 fully saturated rings. The first-order chi connectivity index (χ1) is 15.3. The number of likely N-dealkylation sites (N-methyl/N-ethyl adjacent to an activating group) is 1. The lowest BCUT2D eigenvalue weighted by Gasteiger charge is -2.34. The van der Waals surface area contributed by atoms with E-state index in [-0.39, 0.29) is 5.92 Å². The number of nitrogens with zero attached hydrogens (tertiary/aromatic N) is 3. The van der Waals surface area contributed by atoms with Gasteiger partial charge < -0.3 is 25.0 Å². The number of carbonyl (C=O) groups is 2. The van der Waals surface area contributed by atoms with Gasteiger partial charge in [0, 0.05) is 40.3 Å². The zero-order chi connectivity index (χ0) is 23.7. The van der Waals surface area contributed by atoms with Crippen LogP contribution in [0.5, 0.6) is 0 Å². The number of unbranched alkanes of at least 4 members (excludes halogenated alkanes) is 1. The summed E-state index contributed by atoms with van der Waals surface area (Å²) in [6.45, 7) is 4.26. The highest BCUT2D eigenvalue weighted by Gasteiger charge is 2.34. The lowest BCUT2D eigenvalue weighted by Crippen LogP contribution is -2.51. The van der Waals surface area contributed by atoms with E-state index in [0.717, 1.165) is 25.7 Å². The lowest BCUT2D eigenvalue weighted by molar-refractivity contribution is -0.155. The molecular weight excluding hydrogens is 415 g/mol. The molecule has 1 saturated heterocycles. The van der Waals surface area contributed by atoms with E-state index in [2.05, 4.69) is 5.32 Å². The zero-order valence-electron chi connectivity index (χ0n) is 19.0. The number of rotatable bonds is 10. The molecule has 1 aliphatic heterocycles. The van der Waals surface area contributed by atoms with E-state index in [1.165, 1.54) is 24.1 Å². The first kappa shape index (κ1) is 25.6. The van der Waals surface area contributed by atoms with Crippen LogP contribution in [-0.2, 0) is 14.3 Å². The first-order valence-corrected chi connectivity index (χ1v) is 11.0. The summed E-state index contributed by atoms with van der Waals surface area (Å²) in [6.07, 6.45) is 0.454. The van der Waals surface area contributed by atoms with Crippen molar-refractivity contribution >= 4 is 17.5 Å². The zero-order valence-corrected chi connectivity index (χ0v) is 19.0. The molecule has 0 aromatic heterocycles. The fourth-order valence-electron chi connectivity index (χ4n) is 3.83. The van der Waals surface area contributed by atoms with E-state index in [4.69, 9.17) is 4.74 Å². The maximum absolute atomic E-state index is 13.4. The van der Waals surface area contributed by atoms with Crippen LogP contribution < -0.4 is 10.2 Å². The van der Waals surface area contributed by atoms with Gasteiger partial charge in [0.05, 0.1) is 11.3 Å². The fraction of sp³-hybridized carbons (Fsp3) is 0.609. The van der Waals surface area contributed by atoms with Crippen LogP contribution >= 0.6 is 0 Å². The SMILES string of the molecule is CCCCN(C)C(=O)[C@H](OC)[C@@H](O)C(=O)NCC1CCN(c2ccc(F)cc2C#N)CC1. The molecule has 0 saturated carbocycles. The molecule has 1 aromatic carbocycles. The summed E-state index contributed by atoms with van der Waals surface area (Å²) in [5.74, 6) is -1.31. The van der Waals surface area contributed by atoms with Crippen molar-refractivity contribution in [2.24, 2.45) is 5.92 Å². The van der Waals surface area contributed by atoms with Gasteiger partial charge >= 0.3 is 0 Å². The minimum absolute atomic E-state index is 0.192. The van der Waals surface area contributed by atoms with Crippen molar-refractivity contribution in [2.45, 2.75) is 44.8 Å². The van der Waals surface area contributed by atoms with Gasteiger partial charge in [0.15, 0.2) is 12.2 Å². The summed E-state index contributed by atoms with van der Waals surface area (Å²) < 4.78 is 18.5. The van der Waals surface area contributed by atoms with E-state index in [9.17, 15) is 24.3 Å². The third-order valence-corrected chi connectivity index (χ3v) is 5.88. The van der Waals surface area contributed by atoms with Crippen LogP contribution in [-0.4, -0.2) is 74.4 Å². The highest BCUT2D eigenvalue weighted by Crippen LogP contribution is 2.26. The Labute approximate surface area is 188 Å². The number of methoxy groups -OCH3 is 1. The number of hydrogen-bond donors (Lipinski definition) is 2. The molecule has 0 spiro atoms. The number of halogens is 1. The number of amides is 2. The number of hydrogen-bond acceptors (Lipinski definition) is 6. The monoisotopic (exact) mass is 448 g/mol. The molecule has 2 atom stereocenters. The van der Waals surface area contributed by atoms with Crippen molar-refractivity contribution in [3.05, 3.63) is 29.6 Å². The molecule has 1 aliphatic rings. The summed E-state index contributed by atoms with van der Waals surface area (Å²) in [4.78, 5) is 28.4. The predicted molar refractivity (Wildman–Crippen MR) is 118 cm³/mol. The highest BCUT2D eigenvalue weighted by atomic mass is 19.1. The number of ether oxygens (including phenoxy) is 1. The maximum Gasteiger partial charge on any atom is 0.254 e. The Morgan fingerprint density at radius 3 is 2.69 bits per heavy atom. The van der Waals surface area contributed by atoms with Crippen LogP contribution in [0.4, 0.5) is 10.1 Å². The Bertz CT molecular complexity index is 821. The van der Waals surface area contributed by atoms with E-state index in [1.807, 2.05) is 17.9 Å². The molecule has 1 heterocycles. The smallest absolute Gasteiger partial charge is 0.254 e. The molecule has 176 valence electrons. The number of carbonyl (C=O) groups excluding carboxylic acids is 2. The van der Waals surface area contributed by atoms with Crippen LogP contribution in [0, 0.1) is 23.1 Å². The standard InChI is InChI=1S/C23H33FN4O4/c1-4-5-10-27(2)23(31)21(32-3)20(29)22(30)26-15-16-8-11-28(12-9-16)19-7-6-18(24)13-17(19)14-25/h6-7,13,16,20-21,29H,4-5,8-12,15H2,1-3H3,(H,26,30)/t20-,21-/m1/s1. The quantitative estimate of drug-likeness (QED) is 0.564. The van der Waals surface area contributed by atoms with Crippen LogP contribution in [0.2, 0.25) is 0 Å². The van der Waals surface area contributed by atoms with Crippen LogP contribution in [0.25, 0.3) is 0 Å². The van der Waals surface area contributed by atoms with Gasteiger partial charge in [-0.2, -0.15) is 5.26 Å². The second-order valence-electron chi connectivity index (χ2n) is 8.16. The Balaban J connectivity index is 1.84. The van der Waals surface area contributed by atoms with Gasteiger partial charge in [0.25, 0.3) is 11.8 Å². The number of aliphatic hydroxyl groups excluding tert-OH is 1. The molecule has 0 radical (unpaired) electrons. The topological polar surface area (TPSA) is 106 Å². The van der Waals surface area contributed by atoms with E-state index in [0.29, 0.717) is 37.4 Å². The number of anilines is 1. The van der Waals surface area contributed by atoms with Gasteiger partial charge in [-0.05, 0) is 43.4 Å². The molecular formula is C23H33FN4O4. The Morgan fingerprint density at radius 1 is 1.41 bits per heavy atom. The molecule has 2 amide bonds. The highest BCUT2D eigenvalue weighted by molar-refractivity contribution is 5.90. The largest absolute Gasteiger partial charge is 0.380 e. The number of nitriles is 1. The van der Waals surface area contributed by atoms with Crippen LogP contribution in [0.1, 0.15) is 38.2 Å². The second kappa shape index (κ2) is 12.4. The summed E-state index contributed by atoms with van der Waals surface area (Å²) in [7, 11) is 2.93. The summed E-state index contributed by atoms with van der Waals surface area (Å²) in [6, 6.07) is 6.23. The van der Waals surface area contributed by atoms with E-state index < -0.39 is 29.8 Å². The first-order valence-electron chi connectivity index (χ1n) is 11.0. The minimum Gasteiger partial charge on any atom is -0.380 e. The predicted octanol–water partition coefficient (Wildman–Crippen LogP) is 1.66. The molecule has 9 heteroatoms. The van der Waals surface area contributed by atoms with Gasteiger partial charge in [0.1, 0.15) is 11.9 Å². The van der Waals surface area contributed by atoms with Crippen molar-refractivity contribution in [3.63, 3.8) is 0 Å². The fourth-order valence-corrected chi connectivity index (χ4v) is 3.83. The molecule has 2 rings (SSSR count). The van der Waals surface area contributed by atoms with Gasteiger partial charge in [-0.25, -0.2) is 4.39 Å². The Kier molecular flexibility index (Phi) is 9.88. The van der Waals surface area contributed by atoms with Crippen molar-refractivity contribution in [1.29, 1.82) is 5.26 Å². The molecule has 0 bridgehead atoms. The third-order valence-electron chi connectivity index (χ3n) is 5.88. The molecule has 1 aromatic rings. The van der Waals surface area contributed by atoms with Gasteiger partial charge in [0.2, 0.25) is 0 Å². The summed E-state index contributed by atoms with van der Waals surface area (Å²) in [5.41, 5.74) is 1.01. The van der Waals surface area contributed by atoms with Crippen molar-refractivity contribution in [2.75, 3.05) is 45.2 Å². The minimum atomic E-state index is -1.59. The van der Waals surface area contributed by atoms with Crippen molar-refractivity contribution < 1.29 is 23.8 Å². The molecule has 32 heavy (non-hydrogen) atoms. The van der Waals surface area contributed by atoms with Gasteiger partial charge in [-0.1, -0.05) is 13.3 Å². The van der Waals surface area contributed by atoms with E-state index in [1.54, 1.807) is 13.1 Å². The Hall–Kier alpha value is -2.70. The van der Waals surface area contributed by atoms with Crippen molar-refractivity contribution in [1.82, 2.24) is 10.2 Å². The molecule has 0 aliphatic carbocycles. The van der Waals surface area contributed by atoms with Gasteiger partial charge in [-0.15, -0.1) is 0 Å². The number of nitrogens with one attached hydrogen (secondary N) is 1. The second-order valence-corrected chi connectivity index (χ2v) is 8.16. The third kappa shape index (κ3) is 6.65. The summed E-state index contributed by atoms with van der Waals surface area (Å²) >= 11 is 0. The van der Waals surface area contributed by atoms with Crippen molar-refractivity contribution in [3.8, 4) is 6.07 Å². The number of aliphatic hydroxyl groups is 1. The maximum atomic E-state index is 13.4. The van der Waals surface area contributed by atoms with E-state index >= 15 is 0 Å². The molecule has 8 nitrogen and oxygen atoms in total. The lowest BCUT2D eigenvalue weighted by atomic mass is 9.95. The average molecular weight is 449 g/mol. The normalized spacial score (nSPS) is 16.2.